The van der Waals surface area contributed by atoms with Gasteiger partial charge in [-0.05, 0) is 27.6 Å². The first kappa shape index (κ1) is 12.3. The maximum atomic E-state index is 10.4. The smallest absolute Gasteiger partial charge is 0.283 e. The van der Waals surface area contributed by atoms with Gasteiger partial charge < -0.3 is 5.73 Å². The first-order chi connectivity index (χ1) is 5.65. The molecule has 4 nitrogen and oxygen atoms in total. The van der Waals surface area contributed by atoms with Crippen LogP contribution in [0.2, 0.25) is 0 Å². The zero-order chi connectivity index (χ0) is 9.14. The molecule has 0 saturated carbocycles. The van der Waals surface area contributed by atoms with E-state index in [1.54, 1.807) is 12.1 Å². The Labute approximate surface area is 89.8 Å². The lowest BCUT2D eigenvalue weighted by atomic mass is 10.2. The Kier molecular flexibility index (Phi) is 4.90. The fourth-order valence-corrected chi connectivity index (χ4v) is 1.40. The number of nitrogens with two attached hydrogens (primary N) is 1. The van der Waals surface area contributed by atoms with E-state index in [0.717, 1.165) is 5.56 Å². The summed E-state index contributed by atoms with van der Waals surface area (Å²) in [7, 11) is 0. The second-order valence-corrected chi connectivity index (χ2v) is 3.10. The highest BCUT2D eigenvalue weighted by Crippen LogP contribution is 2.25. The minimum Gasteiger partial charge on any atom is -0.326 e. The lowest BCUT2D eigenvalue weighted by Crippen LogP contribution is -1.97. The summed E-state index contributed by atoms with van der Waals surface area (Å²) in [6, 6.07) is 4.73. The third-order valence-electron chi connectivity index (χ3n) is 1.44. The molecule has 0 unspecified atom stereocenters. The van der Waals surface area contributed by atoms with Crippen molar-refractivity contribution in [1.82, 2.24) is 0 Å². The quantitative estimate of drug-likeness (QED) is 0.660. The highest BCUT2D eigenvalue weighted by atomic mass is 79.9. The van der Waals surface area contributed by atoms with Crippen LogP contribution in [0, 0.1) is 10.1 Å². The molecule has 0 radical (unpaired) electrons. The van der Waals surface area contributed by atoms with Gasteiger partial charge in [-0.3, -0.25) is 10.1 Å². The minimum absolute atomic E-state index is 0. The van der Waals surface area contributed by atoms with Crippen molar-refractivity contribution in [2.75, 3.05) is 0 Å². The second kappa shape index (κ2) is 5.16. The predicted octanol–water partition coefficient (Wildman–Crippen LogP) is 2.24. The van der Waals surface area contributed by atoms with Gasteiger partial charge in [0.2, 0.25) is 0 Å². The highest BCUT2D eigenvalue weighted by molar-refractivity contribution is 9.10. The molecular weight excluding hydrogens is 259 g/mol. The number of hydrogen-bond donors (Lipinski definition) is 1. The molecule has 13 heavy (non-hydrogen) atoms. The third kappa shape index (κ3) is 2.95. The Hall–Kier alpha value is -0.650. The molecule has 0 aliphatic carbocycles. The lowest BCUT2D eigenvalue weighted by Gasteiger charge is -1.98. The van der Waals surface area contributed by atoms with Crippen molar-refractivity contribution in [3.63, 3.8) is 0 Å². The molecule has 0 bridgehead atoms. The van der Waals surface area contributed by atoms with E-state index in [1.165, 1.54) is 6.07 Å². The van der Waals surface area contributed by atoms with Crippen LogP contribution in [-0.2, 0) is 6.54 Å². The highest BCUT2D eigenvalue weighted by Gasteiger charge is 2.10. The number of nitro groups is 1. The Bertz CT molecular complexity index is 319. The average Bonchev–Trinajstić information content (AvgIpc) is 2.03. The van der Waals surface area contributed by atoms with E-state index in [2.05, 4.69) is 15.9 Å². The summed E-state index contributed by atoms with van der Waals surface area (Å²) < 4.78 is 0.468. The molecule has 1 rings (SSSR count). The lowest BCUT2D eigenvalue weighted by molar-refractivity contribution is -0.385. The fourth-order valence-electron chi connectivity index (χ4n) is 0.825. The first-order valence-corrected chi connectivity index (χ1v) is 4.07. The van der Waals surface area contributed by atoms with Crippen molar-refractivity contribution in [1.29, 1.82) is 0 Å². The molecule has 0 saturated heterocycles. The molecule has 1 aromatic carbocycles. The van der Waals surface area contributed by atoms with Crippen LogP contribution in [0.15, 0.2) is 22.7 Å². The molecule has 2 N–H and O–H groups in total. The molecule has 0 aromatic heterocycles. The molecule has 0 aliphatic heterocycles. The van der Waals surface area contributed by atoms with Gasteiger partial charge in [-0.15, -0.1) is 12.4 Å². The van der Waals surface area contributed by atoms with Gasteiger partial charge in [0.05, 0.1) is 9.40 Å². The SMILES string of the molecule is Cl.NCc1ccc([N+](=O)[O-])c(Br)c1. The van der Waals surface area contributed by atoms with Crippen molar-refractivity contribution in [3.05, 3.63) is 38.3 Å². The number of rotatable bonds is 2. The van der Waals surface area contributed by atoms with Gasteiger partial charge >= 0.3 is 0 Å². The summed E-state index contributed by atoms with van der Waals surface area (Å²) in [5, 5.41) is 10.4. The number of hydrogen-bond acceptors (Lipinski definition) is 3. The van der Waals surface area contributed by atoms with Gasteiger partial charge in [0.15, 0.2) is 0 Å². The van der Waals surface area contributed by atoms with Crippen LogP contribution in [0.5, 0.6) is 0 Å². The Balaban J connectivity index is 0.00000144. The fraction of sp³-hybridized carbons (Fsp3) is 0.143. The van der Waals surface area contributed by atoms with Crippen LogP contribution < -0.4 is 5.73 Å². The molecule has 0 fully saturated rings. The van der Waals surface area contributed by atoms with Crippen molar-refractivity contribution in [3.8, 4) is 0 Å². The van der Waals surface area contributed by atoms with Gasteiger partial charge in [0.1, 0.15) is 0 Å². The van der Waals surface area contributed by atoms with Crippen molar-refractivity contribution in [2.45, 2.75) is 6.54 Å². The van der Waals surface area contributed by atoms with E-state index >= 15 is 0 Å². The number of nitro benzene ring substituents is 1. The van der Waals surface area contributed by atoms with E-state index in [9.17, 15) is 10.1 Å². The van der Waals surface area contributed by atoms with Crippen LogP contribution in [0.25, 0.3) is 0 Å². The molecule has 0 spiro atoms. The van der Waals surface area contributed by atoms with Gasteiger partial charge in [-0.25, -0.2) is 0 Å². The minimum atomic E-state index is -0.440. The van der Waals surface area contributed by atoms with Gasteiger partial charge in [-0.2, -0.15) is 0 Å². The largest absolute Gasteiger partial charge is 0.326 e. The van der Waals surface area contributed by atoms with Crippen LogP contribution in [-0.4, -0.2) is 4.92 Å². The van der Waals surface area contributed by atoms with Crippen LogP contribution >= 0.6 is 28.3 Å². The maximum Gasteiger partial charge on any atom is 0.283 e. The Morgan fingerprint density at radius 3 is 2.54 bits per heavy atom. The standard InChI is InChI=1S/C7H7BrN2O2.ClH/c8-6-3-5(4-9)1-2-7(6)10(11)12;/h1-3H,4,9H2;1H. The summed E-state index contributed by atoms with van der Waals surface area (Å²) in [6.45, 7) is 0.386. The normalized spacial score (nSPS) is 9.08. The summed E-state index contributed by atoms with van der Waals surface area (Å²) >= 11 is 3.09. The van der Waals surface area contributed by atoms with Crippen LogP contribution in [0.3, 0.4) is 0 Å². The number of benzene rings is 1. The van der Waals surface area contributed by atoms with E-state index < -0.39 is 4.92 Å². The van der Waals surface area contributed by atoms with E-state index in [0.29, 0.717) is 11.0 Å². The molecule has 72 valence electrons. The van der Waals surface area contributed by atoms with Gasteiger partial charge in [0.25, 0.3) is 5.69 Å². The molecule has 0 amide bonds. The van der Waals surface area contributed by atoms with Crippen LogP contribution in [0.1, 0.15) is 5.56 Å². The summed E-state index contributed by atoms with van der Waals surface area (Å²) in [5.41, 5.74) is 6.28. The van der Waals surface area contributed by atoms with E-state index in [4.69, 9.17) is 5.73 Å². The van der Waals surface area contributed by atoms with E-state index in [1.807, 2.05) is 0 Å². The number of nitrogens with zero attached hydrogens (tertiary/aromatic N) is 1. The topological polar surface area (TPSA) is 69.2 Å². The third-order valence-corrected chi connectivity index (χ3v) is 2.08. The predicted molar refractivity (Wildman–Crippen MR) is 55.9 cm³/mol. The molecule has 0 atom stereocenters. The Morgan fingerprint density at radius 2 is 2.15 bits per heavy atom. The zero-order valence-electron chi connectivity index (χ0n) is 6.57. The van der Waals surface area contributed by atoms with Crippen molar-refractivity contribution in [2.24, 2.45) is 5.73 Å². The Morgan fingerprint density at radius 1 is 1.54 bits per heavy atom. The average molecular weight is 268 g/mol. The molecule has 0 aliphatic rings. The van der Waals surface area contributed by atoms with Gasteiger partial charge in [-0.1, -0.05) is 6.07 Å². The van der Waals surface area contributed by atoms with E-state index in [-0.39, 0.29) is 18.1 Å². The molecular formula is C7H8BrClN2O2. The summed E-state index contributed by atoms with van der Waals surface area (Å²) in [4.78, 5) is 9.93. The first-order valence-electron chi connectivity index (χ1n) is 3.28. The summed E-state index contributed by atoms with van der Waals surface area (Å²) in [6.07, 6.45) is 0. The summed E-state index contributed by atoms with van der Waals surface area (Å²) in [5.74, 6) is 0. The van der Waals surface area contributed by atoms with Crippen LogP contribution in [0.4, 0.5) is 5.69 Å². The molecule has 1 aromatic rings. The second-order valence-electron chi connectivity index (χ2n) is 2.25. The van der Waals surface area contributed by atoms with Crippen molar-refractivity contribution >= 4 is 34.0 Å². The maximum absolute atomic E-state index is 10.4. The van der Waals surface area contributed by atoms with Gasteiger partial charge in [0, 0.05) is 12.6 Å². The zero-order valence-corrected chi connectivity index (χ0v) is 8.97. The molecule has 6 heteroatoms. The monoisotopic (exact) mass is 266 g/mol. The molecule has 0 heterocycles. The number of halogens is 2. The van der Waals surface area contributed by atoms with Crippen molar-refractivity contribution < 1.29 is 4.92 Å².